The number of imide groups is 1. The number of nitrogens with zero attached hydrogens (tertiary/aromatic N) is 1. The average Bonchev–Trinajstić information content (AvgIpc) is 2.48. The van der Waals surface area contributed by atoms with Gasteiger partial charge < -0.3 is 15.2 Å². The van der Waals surface area contributed by atoms with Crippen LogP contribution >= 0.6 is 0 Å². The number of hydrogen-bond donors (Lipinski definition) is 2. The van der Waals surface area contributed by atoms with Gasteiger partial charge in [-0.15, -0.1) is 0 Å². The molecule has 116 valence electrons. The Labute approximate surface area is 125 Å². The second-order valence-corrected chi connectivity index (χ2v) is 4.67. The van der Waals surface area contributed by atoms with Crippen LogP contribution in [0, 0.1) is 0 Å². The van der Waals surface area contributed by atoms with E-state index in [0.29, 0.717) is 0 Å². The lowest BCUT2D eigenvalue weighted by Crippen LogP contribution is -2.65. The van der Waals surface area contributed by atoms with Crippen LogP contribution < -0.4 is 5.32 Å². The van der Waals surface area contributed by atoms with E-state index < -0.39 is 36.3 Å². The third kappa shape index (κ3) is 3.81. The molecule has 8 nitrogen and oxygen atoms in total. The topological polar surface area (TPSA) is 113 Å². The Hall–Kier alpha value is -2.90. The van der Waals surface area contributed by atoms with Crippen molar-refractivity contribution in [1.29, 1.82) is 0 Å². The van der Waals surface area contributed by atoms with Crippen molar-refractivity contribution in [3.8, 4) is 0 Å². The molecule has 1 heterocycles. The Morgan fingerprint density at radius 3 is 2.55 bits per heavy atom. The summed E-state index contributed by atoms with van der Waals surface area (Å²) in [5.74, 6) is -2.74. The van der Waals surface area contributed by atoms with Gasteiger partial charge in [0.15, 0.2) is 0 Å². The summed E-state index contributed by atoms with van der Waals surface area (Å²) in [7, 11) is 0. The number of benzene rings is 1. The number of carbonyl (C=O) groups is 4. The van der Waals surface area contributed by atoms with E-state index in [1.807, 2.05) is 6.07 Å². The summed E-state index contributed by atoms with van der Waals surface area (Å²) in [5.41, 5.74) is 0.802. The van der Waals surface area contributed by atoms with Crippen LogP contribution in [0.2, 0.25) is 0 Å². The standard InChI is InChI=1S/C14H14N2O6/c17-11(6-12(18)19)16-7-10(13(16)20)15-14(21)22-8-9-4-2-1-3-5-9/h1-5,10H,6-8H2,(H,15,21)(H,18,19)/t10-/m0/s1. The zero-order chi connectivity index (χ0) is 16.1. The quantitative estimate of drug-likeness (QED) is 0.590. The molecule has 0 unspecified atom stereocenters. The van der Waals surface area contributed by atoms with E-state index in [1.165, 1.54) is 0 Å². The molecule has 2 N–H and O–H groups in total. The first-order chi connectivity index (χ1) is 10.5. The van der Waals surface area contributed by atoms with E-state index in [9.17, 15) is 19.2 Å². The molecule has 1 aliphatic heterocycles. The number of aliphatic carboxylic acids is 1. The van der Waals surface area contributed by atoms with Gasteiger partial charge in [0.05, 0.1) is 6.54 Å². The Kier molecular flexibility index (Phi) is 4.72. The van der Waals surface area contributed by atoms with Crippen LogP contribution in [0.1, 0.15) is 12.0 Å². The van der Waals surface area contributed by atoms with Crippen molar-refractivity contribution in [2.75, 3.05) is 6.54 Å². The molecule has 0 spiro atoms. The van der Waals surface area contributed by atoms with Crippen molar-refractivity contribution in [1.82, 2.24) is 10.2 Å². The molecular formula is C14H14N2O6. The van der Waals surface area contributed by atoms with E-state index >= 15 is 0 Å². The number of carboxylic acid groups (broad SMARTS) is 1. The Balaban J connectivity index is 1.74. The van der Waals surface area contributed by atoms with Crippen LogP contribution in [-0.2, 0) is 25.7 Å². The smallest absolute Gasteiger partial charge is 0.408 e. The fourth-order valence-electron chi connectivity index (χ4n) is 1.89. The van der Waals surface area contributed by atoms with E-state index in [4.69, 9.17) is 9.84 Å². The summed E-state index contributed by atoms with van der Waals surface area (Å²) in [5, 5.41) is 10.8. The van der Waals surface area contributed by atoms with E-state index in [2.05, 4.69) is 5.32 Å². The Morgan fingerprint density at radius 1 is 1.27 bits per heavy atom. The number of rotatable bonds is 5. The lowest BCUT2D eigenvalue weighted by molar-refractivity contribution is -0.157. The fourth-order valence-corrected chi connectivity index (χ4v) is 1.89. The summed E-state index contributed by atoms with van der Waals surface area (Å²) < 4.78 is 4.94. The van der Waals surface area contributed by atoms with Crippen LogP contribution in [0.4, 0.5) is 4.79 Å². The molecule has 22 heavy (non-hydrogen) atoms. The Bertz CT molecular complexity index is 601. The van der Waals surface area contributed by atoms with Gasteiger partial charge in [-0.3, -0.25) is 19.3 Å². The molecule has 0 aromatic heterocycles. The van der Waals surface area contributed by atoms with Gasteiger partial charge in [-0.1, -0.05) is 30.3 Å². The van der Waals surface area contributed by atoms with Crippen molar-refractivity contribution in [3.63, 3.8) is 0 Å². The minimum absolute atomic E-state index is 0.0502. The molecule has 1 aromatic carbocycles. The number of ether oxygens (including phenoxy) is 1. The molecule has 0 radical (unpaired) electrons. The minimum atomic E-state index is -1.31. The van der Waals surface area contributed by atoms with Crippen molar-refractivity contribution in [2.45, 2.75) is 19.1 Å². The number of amides is 3. The number of alkyl carbamates (subject to hydrolysis) is 1. The predicted molar refractivity (Wildman–Crippen MR) is 72.5 cm³/mol. The summed E-state index contributed by atoms with van der Waals surface area (Å²) in [6.45, 7) is 0.0145. The monoisotopic (exact) mass is 306 g/mol. The van der Waals surface area contributed by atoms with Crippen LogP contribution in [0.3, 0.4) is 0 Å². The maximum absolute atomic E-state index is 11.6. The number of carboxylic acids is 1. The fraction of sp³-hybridized carbons (Fsp3) is 0.286. The Morgan fingerprint density at radius 2 is 1.95 bits per heavy atom. The SMILES string of the molecule is O=C(O)CC(=O)N1C[C@H](NC(=O)OCc2ccccc2)C1=O. The van der Waals surface area contributed by atoms with E-state index in [1.54, 1.807) is 24.3 Å². The highest BCUT2D eigenvalue weighted by Crippen LogP contribution is 2.12. The number of likely N-dealkylation sites (tertiary alicyclic amines) is 1. The molecule has 3 amide bonds. The molecule has 2 rings (SSSR count). The van der Waals surface area contributed by atoms with Crippen LogP contribution in [0.25, 0.3) is 0 Å². The van der Waals surface area contributed by atoms with Crippen molar-refractivity contribution in [2.24, 2.45) is 0 Å². The highest BCUT2D eigenvalue weighted by molar-refractivity contribution is 6.07. The molecule has 1 aromatic rings. The zero-order valence-corrected chi connectivity index (χ0v) is 11.5. The van der Waals surface area contributed by atoms with Crippen molar-refractivity contribution in [3.05, 3.63) is 35.9 Å². The van der Waals surface area contributed by atoms with Crippen LogP contribution in [0.15, 0.2) is 30.3 Å². The third-order valence-corrected chi connectivity index (χ3v) is 3.04. The zero-order valence-electron chi connectivity index (χ0n) is 11.5. The lowest BCUT2D eigenvalue weighted by atomic mass is 10.1. The first-order valence-electron chi connectivity index (χ1n) is 6.50. The molecule has 1 atom stereocenters. The predicted octanol–water partition coefficient (Wildman–Crippen LogP) is 0.125. The number of hydrogen-bond acceptors (Lipinski definition) is 5. The normalized spacial score (nSPS) is 16.6. The second kappa shape index (κ2) is 6.70. The molecule has 1 saturated heterocycles. The van der Waals surface area contributed by atoms with E-state index in [0.717, 1.165) is 10.5 Å². The van der Waals surface area contributed by atoms with Crippen LogP contribution in [-0.4, -0.2) is 46.5 Å². The summed E-state index contributed by atoms with van der Waals surface area (Å²) in [6.07, 6.45) is -1.52. The van der Waals surface area contributed by atoms with Crippen molar-refractivity contribution >= 4 is 23.9 Å². The molecule has 1 aliphatic rings. The maximum atomic E-state index is 11.6. The van der Waals surface area contributed by atoms with Gasteiger partial charge in [-0.05, 0) is 5.56 Å². The highest BCUT2D eigenvalue weighted by Gasteiger charge is 2.42. The second-order valence-electron chi connectivity index (χ2n) is 4.67. The summed E-state index contributed by atoms with van der Waals surface area (Å²) in [4.78, 5) is 45.7. The molecule has 0 bridgehead atoms. The third-order valence-electron chi connectivity index (χ3n) is 3.04. The van der Waals surface area contributed by atoms with Crippen LogP contribution in [0.5, 0.6) is 0 Å². The number of β-lactam (4-membered cyclic amide) rings is 1. The van der Waals surface area contributed by atoms with Gasteiger partial charge in [0.2, 0.25) is 5.91 Å². The maximum Gasteiger partial charge on any atom is 0.408 e. The first-order valence-corrected chi connectivity index (χ1v) is 6.50. The van der Waals surface area contributed by atoms with Crippen molar-refractivity contribution < 1.29 is 29.0 Å². The molecule has 8 heteroatoms. The van der Waals surface area contributed by atoms with Gasteiger partial charge in [-0.2, -0.15) is 0 Å². The number of nitrogens with one attached hydrogen (secondary N) is 1. The van der Waals surface area contributed by atoms with Gasteiger partial charge in [0, 0.05) is 0 Å². The van der Waals surface area contributed by atoms with Gasteiger partial charge in [-0.25, -0.2) is 4.79 Å². The average molecular weight is 306 g/mol. The summed E-state index contributed by atoms with van der Waals surface area (Å²) in [6, 6.07) is 8.15. The molecule has 0 saturated carbocycles. The molecular weight excluding hydrogens is 292 g/mol. The van der Waals surface area contributed by atoms with Gasteiger partial charge >= 0.3 is 12.1 Å². The summed E-state index contributed by atoms with van der Waals surface area (Å²) >= 11 is 0. The first kappa shape index (κ1) is 15.5. The lowest BCUT2D eigenvalue weighted by Gasteiger charge is -2.36. The minimum Gasteiger partial charge on any atom is -0.481 e. The number of carbonyl (C=O) groups excluding carboxylic acids is 3. The highest BCUT2D eigenvalue weighted by atomic mass is 16.5. The van der Waals surface area contributed by atoms with Gasteiger partial charge in [0.25, 0.3) is 5.91 Å². The van der Waals surface area contributed by atoms with Gasteiger partial charge in [0.1, 0.15) is 19.1 Å². The molecule has 1 fully saturated rings. The largest absolute Gasteiger partial charge is 0.481 e. The molecule has 0 aliphatic carbocycles. The van der Waals surface area contributed by atoms with E-state index in [-0.39, 0.29) is 13.2 Å².